The van der Waals surface area contributed by atoms with Crippen molar-refractivity contribution in [3.63, 3.8) is 0 Å². The minimum atomic E-state index is -0.876. The zero-order valence-electron chi connectivity index (χ0n) is 7.47. The Morgan fingerprint density at radius 2 is 1.79 bits per heavy atom. The molecule has 6 nitrogen and oxygen atoms in total. The van der Waals surface area contributed by atoms with E-state index in [2.05, 4.69) is 9.98 Å². The lowest BCUT2D eigenvalue weighted by Gasteiger charge is -2.01. The Morgan fingerprint density at radius 3 is 2.21 bits per heavy atom. The number of hydrogen-bond acceptors (Lipinski definition) is 5. The number of hydrogen-bond donors (Lipinski definition) is 1. The Bertz CT molecular complexity index is 259. The molecule has 0 saturated heterocycles. The van der Waals surface area contributed by atoms with Gasteiger partial charge in [-0.2, -0.15) is 9.98 Å². The van der Waals surface area contributed by atoms with Crippen molar-refractivity contribution in [2.24, 2.45) is 9.98 Å². The zero-order valence-corrected chi connectivity index (χ0v) is 7.47. The predicted molar refractivity (Wildman–Crippen MR) is 46.1 cm³/mol. The Kier molecular flexibility index (Phi) is 6.86. The van der Waals surface area contributed by atoms with E-state index < -0.39 is 12.1 Å². The van der Waals surface area contributed by atoms with Crippen LogP contribution in [0.2, 0.25) is 0 Å². The maximum atomic E-state index is 10.1. The summed E-state index contributed by atoms with van der Waals surface area (Å²) in [4.78, 5) is 36.3. The van der Waals surface area contributed by atoms with E-state index in [1.165, 1.54) is 12.2 Å². The molecule has 0 aliphatic rings. The highest BCUT2D eigenvalue weighted by Gasteiger charge is 2.04. The average Bonchev–Trinajstić information content (AvgIpc) is 2.12. The minimum Gasteiger partial charge on any atom is -0.481 e. The molecule has 0 aliphatic heterocycles. The Balaban J connectivity index is 3.77. The molecule has 6 heteroatoms. The number of carbonyl (C=O) groups is 1. The molecule has 0 unspecified atom stereocenters. The van der Waals surface area contributed by atoms with Crippen molar-refractivity contribution in [1.82, 2.24) is 0 Å². The molecule has 1 N–H and O–H groups in total. The van der Waals surface area contributed by atoms with Crippen LogP contribution in [0.25, 0.3) is 0 Å². The van der Waals surface area contributed by atoms with Crippen LogP contribution in [0.5, 0.6) is 0 Å². The molecule has 0 radical (unpaired) electrons. The van der Waals surface area contributed by atoms with E-state index in [4.69, 9.17) is 5.11 Å². The van der Waals surface area contributed by atoms with Crippen molar-refractivity contribution >= 4 is 18.1 Å². The molecule has 0 fully saturated rings. The van der Waals surface area contributed by atoms with Crippen LogP contribution in [-0.2, 0) is 14.4 Å². The summed E-state index contributed by atoms with van der Waals surface area (Å²) >= 11 is 0. The maximum absolute atomic E-state index is 10.1. The van der Waals surface area contributed by atoms with Gasteiger partial charge in [0, 0.05) is 6.42 Å². The quantitative estimate of drug-likeness (QED) is 0.368. The normalized spacial score (nSPS) is 10.9. The number of unbranched alkanes of at least 4 members (excludes halogenated alkanes) is 1. The molecule has 0 rings (SSSR count). The summed E-state index contributed by atoms with van der Waals surface area (Å²) in [5.41, 5.74) is 0. The smallest absolute Gasteiger partial charge is 0.303 e. The third-order valence-corrected chi connectivity index (χ3v) is 1.51. The molecule has 0 aromatic heterocycles. The molecule has 0 saturated carbocycles. The fourth-order valence-corrected chi connectivity index (χ4v) is 0.883. The molecule has 14 heavy (non-hydrogen) atoms. The number of carboxylic acid groups (broad SMARTS) is 1. The minimum absolute atomic E-state index is 0.0579. The lowest BCUT2D eigenvalue weighted by atomic mass is 10.2. The van der Waals surface area contributed by atoms with Gasteiger partial charge in [0.25, 0.3) is 0 Å². The highest BCUT2D eigenvalue weighted by molar-refractivity contribution is 5.66. The lowest BCUT2D eigenvalue weighted by molar-refractivity contribution is -0.137. The van der Waals surface area contributed by atoms with Gasteiger partial charge in [-0.15, -0.1) is 0 Å². The van der Waals surface area contributed by atoms with E-state index in [9.17, 15) is 14.4 Å². The van der Waals surface area contributed by atoms with Gasteiger partial charge in [0.1, 0.15) is 0 Å². The fraction of sp³-hybridized carbons (Fsp3) is 0.625. The molecule has 0 aromatic carbocycles. The van der Waals surface area contributed by atoms with Crippen molar-refractivity contribution in [3.8, 4) is 0 Å². The van der Waals surface area contributed by atoms with Gasteiger partial charge in [-0.25, -0.2) is 9.59 Å². The number of rotatable bonds is 7. The monoisotopic (exact) mass is 198 g/mol. The summed E-state index contributed by atoms with van der Waals surface area (Å²) < 4.78 is 0. The van der Waals surface area contributed by atoms with E-state index in [0.717, 1.165) is 0 Å². The number of aliphatic imine (C=N–C) groups is 2. The predicted octanol–water partition coefficient (Wildman–Crippen LogP) is 0.629. The summed E-state index contributed by atoms with van der Waals surface area (Å²) in [7, 11) is 0. The van der Waals surface area contributed by atoms with Gasteiger partial charge in [-0.05, 0) is 19.3 Å². The Labute approximate surface area is 80.4 Å². The average molecular weight is 198 g/mol. The number of isocyanates is 2. The van der Waals surface area contributed by atoms with Gasteiger partial charge in [0.05, 0.1) is 0 Å². The maximum Gasteiger partial charge on any atom is 0.303 e. The molecule has 0 amide bonds. The van der Waals surface area contributed by atoms with Gasteiger partial charge >= 0.3 is 5.97 Å². The molecule has 0 aromatic rings. The number of carbonyl (C=O) groups excluding carboxylic acids is 2. The van der Waals surface area contributed by atoms with Crippen LogP contribution in [0, 0.1) is 0 Å². The van der Waals surface area contributed by atoms with Crippen LogP contribution in [0.1, 0.15) is 25.7 Å². The second kappa shape index (κ2) is 7.86. The molecule has 76 valence electrons. The molecular weight excluding hydrogens is 188 g/mol. The van der Waals surface area contributed by atoms with Crippen LogP contribution in [0.3, 0.4) is 0 Å². The lowest BCUT2D eigenvalue weighted by Crippen LogP contribution is -2.01. The van der Waals surface area contributed by atoms with Crippen molar-refractivity contribution in [2.75, 3.05) is 0 Å². The SMILES string of the molecule is O=C=NC(CCCCC(=O)O)N=C=O. The fourth-order valence-electron chi connectivity index (χ4n) is 0.883. The molecule has 0 heterocycles. The van der Waals surface area contributed by atoms with Gasteiger partial charge in [0.15, 0.2) is 6.17 Å². The van der Waals surface area contributed by atoms with Crippen LogP contribution >= 0.6 is 0 Å². The Morgan fingerprint density at radius 1 is 1.21 bits per heavy atom. The largest absolute Gasteiger partial charge is 0.481 e. The first-order chi connectivity index (χ1) is 6.70. The second-order valence-corrected chi connectivity index (χ2v) is 2.56. The molecule has 0 bridgehead atoms. The van der Waals surface area contributed by atoms with E-state index in [-0.39, 0.29) is 6.42 Å². The van der Waals surface area contributed by atoms with Crippen LogP contribution in [0.15, 0.2) is 9.98 Å². The highest BCUT2D eigenvalue weighted by Crippen LogP contribution is 2.06. The van der Waals surface area contributed by atoms with Crippen LogP contribution in [0.4, 0.5) is 0 Å². The van der Waals surface area contributed by atoms with Crippen molar-refractivity contribution in [2.45, 2.75) is 31.8 Å². The zero-order chi connectivity index (χ0) is 10.8. The highest BCUT2D eigenvalue weighted by atomic mass is 16.4. The first-order valence-electron chi connectivity index (χ1n) is 4.06. The Hall–Kier alpha value is -1.77. The molecule has 0 spiro atoms. The number of nitrogens with zero attached hydrogens (tertiary/aromatic N) is 2. The molecular formula is C8H10N2O4. The van der Waals surface area contributed by atoms with Gasteiger partial charge in [-0.3, -0.25) is 4.79 Å². The van der Waals surface area contributed by atoms with E-state index >= 15 is 0 Å². The van der Waals surface area contributed by atoms with Crippen LogP contribution in [-0.4, -0.2) is 29.4 Å². The van der Waals surface area contributed by atoms with E-state index in [0.29, 0.717) is 19.3 Å². The second-order valence-electron chi connectivity index (χ2n) is 2.56. The summed E-state index contributed by atoms with van der Waals surface area (Å²) in [5.74, 6) is -0.876. The van der Waals surface area contributed by atoms with Gasteiger partial charge < -0.3 is 5.11 Å². The third-order valence-electron chi connectivity index (χ3n) is 1.51. The van der Waals surface area contributed by atoms with Crippen molar-refractivity contribution in [3.05, 3.63) is 0 Å². The molecule has 0 aliphatic carbocycles. The standard InChI is InChI=1S/C8H10N2O4/c11-5-9-7(10-6-12)3-1-2-4-8(13)14/h7H,1-4H2,(H,13,14). The molecule has 0 atom stereocenters. The summed E-state index contributed by atoms with van der Waals surface area (Å²) in [6.07, 6.45) is 3.23. The number of aliphatic carboxylic acids is 1. The third kappa shape index (κ3) is 6.91. The summed E-state index contributed by atoms with van der Waals surface area (Å²) in [6.45, 7) is 0. The summed E-state index contributed by atoms with van der Waals surface area (Å²) in [6, 6.07) is 0. The van der Waals surface area contributed by atoms with Gasteiger partial charge in [0.2, 0.25) is 12.2 Å². The summed E-state index contributed by atoms with van der Waals surface area (Å²) in [5, 5.41) is 8.31. The van der Waals surface area contributed by atoms with Crippen LogP contribution < -0.4 is 0 Å². The topological polar surface area (TPSA) is 96.2 Å². The van der Waals surface area contributed by atoms with E-state index in [1.54, 1.807) is 0 Å². The first-order valence-corrected chi connectivity index (χ1v) is 4.06. The number of carboxylic acids is 1. The van der Waals surface area contributed by atoms with Crippen molar-refractivity contribution < 1.29 is 19.5 Å². The van der Waals surface area contributed by atoms with E-state index in [1.807, 2.05) is 0 Å². The van der Waals surface area contributed by atoms with Crippen molar-refractivity contribution in [1.29, 1.82) is 0 Å². The van der Waals surface area contributed by atoms with Gasteiger partial charge in [-0.1, -0.05) is 0 Å². The first kappa shape index (κ1) is 12.2.